The third-order valence-corrected chi connectivity index (χ3v) is 7.16. The number of aromatic nitrogens is 2. The number of nitrogens with zero attached hydrogens (tertiary/aromatic N) is 3. The second-order valence-corrected chi connectivity index (χ2v) is 8.94. The van der Waals surface area contributed by atoms with E-state index in [0.717, 1.165) is 17.5 Å². The minimum Gasteiger partial charge on any atom is -0.334 e. The molecule has 7 heteroatoms. The summed E-state index contributed by atoms with van der Waals surface area (Å²) in [6, 6.07) is 16.8. The molecule has 1 aliphatic rings. The summed E-state index contributed by atoms with van der Waals surface area (Å²) in [5, 5.41) is 4.13. The molecule has 0 bridgehead atoms. The molecule has 2 aromatic carbocycles. The van der Waals surface area contributed by atoms with Gasteiger partial charge < -0.3 is 4.52 Å². The van der Waals surface area contributed by atoms with Gasteiger partial charge in [-0.3, -0.25) is 0 Å². The quantitative estimate of drug-likeness (QED) is 0.653. The van der Waals surface area contributed by atoms with Crippen molar-refractivity contribution in [1.82, 2.24) is 14.4 Å². The average molecular weight is 398 g/mol. The van der Waals surface area contributed by atoms with Gasteiger partial charge >= 0.3 is 0 Å². The fraction of sp³-hybridized carbons (Fsp3) is 0.333. The summed E-state index contributed by atoms with van der Waals surface area (Å²) in [5.41, 5.74) is 2.01. The van der Waals surface area contributed by atoms with Gasteiger partial charge in [-0.1, -0.05) is 42.4 Å². The van der Waals surface area contributed by atoms with E-state index in [4.69, 9.17) is 4.52 Å². The normalized spacial score (nSPS) is 16.3. The summed E-state index contributed by atoms with van der Waals surface area (Å²) < 4.78 is 32.7. The molecule has 0 amide bonds. The van der Waals surface area contributed by atoms with E-state index < -0.39 is 10.0 Å². The zero-order chi connectivity index (χ0) is 19.6. The molecule has 3 aromatic rings. The van der Waals surface area contributed by atoms with Crippen LogP contribution < -0.4 is 0 Å². The molecule has 0 aliphatic carbocycles. The molecule has 2 heterocycles. The van der Waals surface area contributed by atoms with Crippen molar-refractivity contribution in [3.8, 4) is 11.5 Å². The van der Waals surface area contributed by atoms with Crippen molar-refractivity contribution in [3.63, 3.8) is 0 Å². The molecule has 4 rings (SSSR count). The Labute approximate surface area is 165 Å². The van der Waals surface area contributed by atoms with Crippen molar-refractivity contribution in [1.29, 1.82) is 0 Å². The lowest BCUT2D eigenvalue weighted by Crippen LogP contribution is -2.38. The van der Waals surface area contributed by atoms with Crippen molar-refractivity contribution in [3.05, 3.63) is 66.0 Å². The highest BCUT2D eigenvalue weighted by molar-refractivity contribution is 7.89. The minimum atomic E-state index is -3.46. The highest BCUT2D eigenvalue weighted by Crippen LogP contribution is 2.30. The molecule has 1 aromatic heterocycles. The van der Waals surface area contributed by atoms with Gasteiger partial charge in [0.25, 0.3) is 5.89 Å². The topological polar surface area (TPSA) is 76.3 Å². The molecular formula is C21H23N3O3S. The lowest BCUT2D eigenvalue weighted by molar-refractivity contribution is 0.307. The number of rotatable bonds is 5. The molecular weight excluding hydrogens is 374 g/mol. The second kappa shape index (κ2) is 7.85. The molecule has 0 radical (unpaired) electrons. The Balaban J connectivity index is 1.44. The zero-order valence-electron chi connectivity index (χ0n) is 15.8. The Morgan fingerprint density at radius 1 is 1.04 bits per heavy atom. The van der Waals surface area contributed by atoms with Crippen LogP contribution in [0.2, 0.25) is 0 Å². The molecule has 1 saturated heterocycles. The molecule has 0 spiro atoms. The fourth-order valence-electron chi connectivity index (χ4n) is 3.50. The first-order valence-corrected chi connectivity index (χ1v) is 11.0. The van der Waals surface area contributed by atoms with E-state index in [1.54, 1.807) is 16.4 Å². The standard InChI is InChI=1S/C21H23N3O3S/c1-2-16-8-10-19(11-9-16)28(25,26)24-14-12-17(13-15-24)20-22-21(27-23-20)18-6-4-3-5-7-18/h3-11,17H,2,12-15H2,1H3. The van der Waals surface area contributed by atoms with Gasteiger partial charge in [-0.25, -0.2) is 8.42 Å². The van der Waals surface area contributed by atoms with Crippen LogP contribution in [0.25, 0.3) is 11.5 Å². The van der Waals surface area contributed by atoms with Crippen LogP contribution in [0, 0.1) is 0 Å². The molecule has 1 fully saturated rings. The molecule has 0 unspecified atom stereocenters. The maximum atomic E-state index is 12.9. The Bertz CT molecular complexity index is 1020. The van der Waals surface area contributed by atoms with Crippen molar-refractivity contribution in [2.45, 2.75) is 37.0 Å². The number of piperidine rings is 1. The maximum absolute atomic E-state index is 12.9. The number of benzene rings is 2. The van der Waals surface area contributed by atoms with Gasteiger partial charge in [0.15, 0.2) is 5.82 Å². The first-order chi connectivity index (χ1) is 13.6. The molecule has 1 aliphatic heterocycles. The Kier molecular flexibility index (Phi) is 5.28. The predicted octanol–water partition coefficient (Wildman–Crippen LogP) is 3.87. The largest absolute Gasteiger partial charge is 0.334 e. The molecule has 0 atom stereocenters. The number of aryl methyl sites for hydroxylation is 1. The van der Waals surface area contributed by atoms with Crippen molar-refractivity contribution >= 4 is 10.0 Å². The van der Waals surface area contributed by atoms with Crippen LogP contribution in [0.1, 0.15) is 37.1 Å². The van der Waals surface area contributed by atoms with Crippen LogP contribution in [0.3, 0.4) is 0 Å². The highest BCUT2D eigenvalue weighted by atomic mass is 32.2. The van der Waals surface area contributed by atoms with Crippen LogP contribution in [-0.4, -0.2) is 36.0 Å². The molecule has 28 heavy (non-hydrogen) atoms. The summed E-state index contributed by atoms with van der Waals surface area (Å²) in [6.07, 6.45) is 2.25. The Morgan fingerprint density at radius 3 is 2.36 bits per heavy atom. The SMILES string of the molecule is CCc1ccc(S(=O)(=O)N2CCC(c3noc(-c4ccccc4)n3)CC2)cc1. The van der Waals surface area contributed by atoms with Gasteiger partial charge in [0.05, 0.1) is 4.90 Å². The first kappa shape index (κ1) is 18.8. The van der Waals surface area contributed by atoms with Gasteiger partial charge in [0.2, 0.25) is 10.0 Å². The third kappa shape index (κ3) is 3.72. The van der Waals surface area contributed by atoms with Gasteiger partial charge in [-0.2, -0.15) is 9.29 Å². The molecule has 0 N–H and O–H groups in total. The van der Waals surface area contributed by atoms with E-state index in [9.17, 15) is 8.42 Å². The van der Waals surface area contributed by atoms with Gasteiger partial charge in [0.1, 0.15) is 0 Å². The summed E-state index contributed by atoms with van der Waals surface area (Å²) in [5.74, 6) is 1.26. The van der Waals surface area contributed by atoms with Crippen LogP contribution in [-0.2, 0) is 16.4 Å². The lowest BCUT2D eigenvalue weighted by atomic mass is 9.97. The number of hydrogen-bond acceptors (Lipinski definition) is 5. The number of hydrogen-bond donors (Lipinski definition) is 0. The fourth-order valence-corrected chi connectivity index (χ4v) is 4.97. The summed E-state index contributed by atoms with van der Waals surface area (Å²) >= 11 is 0. The van der Waals surface area contributed by atoms with E-state index in [0.29, 0.717) is 42.5 Å². The number of sulfonamides is 1. The van der Waals surface area contributed by atoms with Crippen molar-refractivity contribution in [2.75, 3.05) is 13.1 Å². The Morgan fingerprint density at radius 2 is 1.71 bits per heavy atom. The van der Waals surface area contributed by atoms with E-state index in [1.807, 2.05) is 42.5 Å². The average Bonchev–Trinajstić information content (AvgIpc) is 3.25. The van der Waals surface area contributed by atoms with E-state index in [-0.39, 0.29) is 5.92 Å². The molecule has 6 nitrogen and oxygen atoms in total. The zero-order valence-corrected chi connectivity index (χ0v) is 16.6. The van der Waals surface area contributed by atoms with Crippen LogP contribution in [0.15, 0.2) is 64.0 Å². The summed E-state index contributed by atoms with van der Waals surface area (Å²) in [7, 11) is -3.46. The van der Waals surface area contributed by atoms with Gasteiger partial charge in [-0.15, -0.1) is 0 Å². The van der Waals surface area contributed by atoms with Crippen molar-refractivity contribution < 1.29 is 12.9 Å². The maximum Gasteiger partial charge on any atom is 0.257 e. The predicted molar refractivity (Wildman–Crippen MR) is 106 cm³/mol. The van der Waals surface area contributed by atoms with Crippen LogP contribution in [0.4, 0.5) is 0 Å². The third-order valence-electron chi connectivity index (χ3n) is 5.25. The first-order valence-electron chi connectivity index (χ1n) is 9.56. The highest BCUT2D eigenvalue weighted by Gasteiger charge is 2.31. The minimum absolute atomic E-state index is 0.107. The summed E-state index contributed by atoms with van der Waals surface area (Å²) in [6.45, 7) is 2.96. The lowest BCUT2D eigenvalue weighted by Gasteiger charge is -2.29. The summed E-state index contributed by atoms with van der Waals surface area (Å²) in [4.78, 5) is 4.88. The van der Waals surface area contributed by atoms with E-state index >= 15 is 0 Å². The van der Waals surface area contributed by atoms with E-state index in [1.165, 1.54) is 0 Å². The monoisotopic (exact) mass is 397 g/mol. The van der Waals surface area contributed by atoms with Crippen LogP contribution >= 0.6 is 0 Å². The van der Waals surface area contributed by atoms with Gasteiger partial charge in [-0.05, 0) is 49.1 Å². The smallest absolute Gasteiger partial charge is 0.257 e. The van der Waals surface area contributed by atoms with E-state index in [2.05, 4.69) is 17.1 Å². The van der Waals surface area contributed by atoms with Crippen LogP contribution in [0.5, 0.6) is 0 Å². The molecule has 146 valence electrons. The molecule has 0 saturated carbocycles. The van der Waals surface area contributed by atoms with Gasteiger partial charge in [0, 0.05) is 24.6 Å². The Hall–Kier alpha value is -2.51. The van der Waals surface area contributed by atoms with Crippen molar-refractivity contribution in [2.24, 2.45) is 0 Å². The second-order valence-electron chi connectivity index (χ2n) is 7.00.